The van der Waals surface area contributed by atoms with Crippen molar-refractivity contribution in [2.45, 2.75) is 31.5 Å². The van der Waals surface area contributed by atoms with E-state index >= 15 is 0 Å². The number of nitrogen functional groups attached to an aromatic ring is 1. The summed E-state index contributed by atoms with van der Waals surface area (Å²) in [6.45, 7) is 0.263. The normalized spacial score (nSPS) is 16.3. The number of carbonyl (C=O) groups is 2. The predicted octanol–water partition coefficient (Wildman–Crippen LogP) is 0.672. The van der Waals surface area contributed by atoms with Gasteiger partial charge in [0.15, 0.2) is 9.84 Å². The third-order valence-corrected chi connectivity index (χ3v) is 9.03. The molecule has 13 nitrogen and oxygen atoms in total. The number of rotatable bonds is 9. The number of halogens is 1. The molecule has 1 saturated heterocycles. The largest absolute Gasteiger partial charge is 0.397 e. The summed E-state index contributed by atoms with van der Waals surface area (Å²) in [6, 6.07) is 8.89. The number of aliphatic hydroxyl groups excluding tert-OH is 2. The van der Waals surface area contributed by atoms with E-state index in [2.05, 4.69) is 20.3 Å². The second-order valence-electron chi connectivity index (χ2n) is 10.5. The zero-order chi connectivity index (χ0) is 30.9. The summed E-state index contributed by atoms with van der Waals surface area (Å²) >= 11 is 0. The topological polar surface area (TPSA) is 212 Å². The number of aliphatic hydroxyl groups is 2. The Kier molecular flexibility index (Phi) is 8.48. The lowest BCUT2D eigenvalue weighted by atomic mass is 10.1. The molecule has 5 rings (SSSR count). The van der Waals surface area contributed by atoms with Crippen LogP contribution in [-0.2, 0) is 14.6 Å². The van der Waals surface area contributed by atoms with Gasteiger partial charge in [0.1, 0.15) is 17.2 Å². The number of nitrogens with zero attached hydrogens (tertiary/aromatic N) is 2. The first-order valence-corrected chi connectivity index (χ1v) is 15.5. The van der Waals surface area contributed by atoms with Gasteiger partial charge in [-0.15, -0.1) is 0 Å². The molecule has 3 heterocycles. The molecule has 2 aromatic heterocycles. The molecule has 1 aliphatic rings. The van der Waals surface area contributed by atoms with Gasteiger partial charge in [0.25, 0.3) is 11.5 Å². The fourth-order valence-corrected chi connectivity index (χ4v) is 6.30. The molecule has 0 radical (unpaired) electrons. The molecule has 15 heteroatoms. The maximum absolute atomic E-state index is 14.4. The van der Waals surface area contributed by atoms with Gasteiger partial charge in [-0.2, -0.15) is 0 Å². The minimum absolute atomic E-state index is 0.0263. The van der Waals surface area contributed by atoms with Crippen LogP contribution in [0.25, 0.3) is 33.3 Å². The molecule has 0 aliphatic carbocycles. The monoisotopic (exact) mass is 614 g/mol. The number of nitrogens with one attached hydrogen (secondary N) is 3. The molecule has 0 saturated carbocycles. The zero-order valence-electron chi connectivity index (χ0n) is 23.0. The van der Waals surface area contributed by atoms with Crippen molar-refractivity contribution < 1.29 is 32.6 Å². The first kappa shape index (κ1) is 30.1. The first-order chi connectivity index (χ1) is 20.4. The van der Waals surface area contributed by atoms with Crippen LogP contribution in [0.3, 0.4) is 0 Å². The highest BCUT2D eigenvalue weighted by Crippen LogP contribution is 2.30. The maximum atomic E-state index is 14.4. The van der Waals surface area contributed by atoms with Gasteiger partial charge in [0, 0.05) is 25.2 Å². The Morgan fingerprint density at radius 1 is 1.09 bits per heavy atom. The molecule has 2 aromatic carbocycles. The molecule has 2 amide bonds. The van der Waals surface area contributed by atoms with Crippen LogP contribution >= 0.6 is 0 Å². The van der Waals surface area contributed by atoms with E-state index in [4.69, 9.17) is 5.73 Å². The standard InChI is InChI=1S/C28H31FN6O7S/c29-18-2-1-3-20-23(18)25(30)24(28(40)34-20)26-32-19-5-4-15(12-21(19)33-26)27(39)31-7-6-16(36)13-17(37)14-22(38)35-8-10-43(41,42)11-9-35/h1-5,12,16-17,36-37H,6-11,13-14H2,(H,31,39)(H,32,33)(H3,30,34,40)/t16-,17-/m1/s1. The number of hydrogen-bond donors (Lipinski definition) is 6. The van der Waals surface area contributed by atoms with Crippen molar-refractivity contribution in [3.63, 3.8) is 0 Å². The highest BCUT2D eigenvalue weighted by atomic mass is 32.2. The number of imidazole rings is 1. The number of anilines is 1. The SMILES string of the molecule is Nc1c(-c2nc3ccc(C(=O)NCC[C@@H](O)C[C@@H](O)CC(=O)N4CCS(=O)(=O)CC4)cc3[nH]2)c(=O)[nH]c2cccc(F)c12. The van der Waals surface area contributed by atoms with Crippen LogP contribution in [0.1, 0.15) is 29.6 Å². The van der Waals surface area contributed by atoms with Gasteiger partial charge < -0.3 is 36.1 Å². The fraction of sp³-hybridized carbons (Fsp3) is 0.357. The summed E-state index contributed by atoms with van der Waals surface area (Å²) in [5.74, 6) is -1.50. The number of carbonyl (C=O) groups excluding carboxylic acids is 2. The number of sulfone groups is 1. The van der Waals surface area contributed by atoms with Crippen molar-refractivity contribution in [1.29, 1.82) is 0 Å². The van der Waals surface area contributed by atoms with E-state index in [0.717, 1.165) is 0 Å². The van der Waals surface area contributed by atoms with E-state index in [-0.39, 0.29) is 89.9 Å². The second kappa shape index (κ2) is 12.1. The third kappa shape index (κ3) is 6.68. The molecule has 228 valence electrons. The second-order valence-corrected chi connectivity index (χ2v) is 12.9. The molecular formula is C28H31FN6O7S. The van der Waals surface area contributed by atoms with Crippen LogP contribution in [0.5, 0.6) is 0 Å². The Balaban J connectivity index is 1.17. The van der Waals surface area contributed by atoms with E-state index in [1.807, 2.05) is 0 Å². The number of aromatic amines is 2. The number of nitrogens with two attached hydrogens (primary N) is 1. The van der Waals surface area contributed by atoms with E-state index in [1.165, 1.54) is 29.2 Å². The Hall–Kier alpha value is -4.34. The van der Waals surface area contributed by atoms with Gasteiger partial charge in [-0.1, -0.05) is 6.07 Å². The number of benzene rings is 2. The van der Waals surface area contributed by atoms with E-state index in [9.17, 15) is 37.4 Å². The van der Waals surface area contributed by atoms with Crippen molar-refractivity contribution in [3.8, 4) is 11.4 Å². The van der Waals surface area contributed by atoms with E-state index in [0.29, 0.717) is 11.0 Å². The zero-order valence-corrected chi connectivity index (χ0v) is 23.8. The Morgan fingerprint density at radius 3 is 2.58 bits per heavy atom. The number of fused-ring (bicyclic) bond motifs is 2. The van der Waals surface area contributed by atoms with Crippen molar-refractivity contribution in [1.82, 2.24) is 25.2 Å². The number of hydrogen-bond acceptors (Lipinski definition) is 9. The average molecular weight is 615 g/mol. The molecule has 43 heavy (non-hydrogen) atoms. The van der Waals surface area contributed by atoms with Crippen LogP contribution in [-0.4, -0.2) is 93.6 Å². The quantitative estimate of drug-likeness (QED) is 0.156. The predicted molar refractivity (Wildman–Crippen MR) is 157 cm³/mol. The van der Waals surface area contributed by atoms with Gasteiger partial charge in [-0.05, 0) is 43.2 Å². The molecule has 0 bridgehead atoms. The van der Waals surface area contributed by atoms with Gasteiger partial charge >= 0.3 is 0 Å². The molecule has 0 spiro atoms. The van der Waals surface area contributed by atoms with E-state index < -0.39 is 39.3 Å². The summed E-state index contributed by atoms with van der Waals surface area (Å²) < 4.78 is 37.5. The van der Waals surface area contributed by atoms with Crippen LogP contribution in [0, 0.1) is 5.82 Å². The Labute approximate surface area is 244 Å². The third-order valence-electron chi connectivity index (χ3n) is 7.42. The van der Waals surface area contributed by atoms with Gasteiger partial charge in [0.05, 0.1) is 57.8 Å². The highest BCUT2D eigenvalue weighted by molar-refractivity contribution is 7.91. The average Bonchev–Trinajstić information content (AvgIpc) is 3.35. The molecule has 1 aliphatic heterocycles. The number of H-pyrrole nitrogens is 2. The van der Waals surface area contributed by atoms with Crippen molar-refractivity contribution >= 4 is 49.3 Å². The molecule has 2 atom stereocenters. The van der Waals surface area contributed by atoms with Crippen molar-refractivity contribution in [3.05, 3.63) is 58.1 Å². The number of amides is 2. The maximum Gasteiger partial charge on any atom is 0.261 e. The fourth-order valence-electron chi connectivity index (χ4n) is 5.10. The Morgan fingerprint density at radius 2 is 1.84 bits per heavy atom. The van der Waals surface area contributed by atoms with Crippen LogP contribution in [0.15, 0.2) is 41.2 Å². The summed E-state index contributed by atoms with van der Waals surface area (Å²) in [5, 5.41) is 23.3. The molecule has 1 fully saturated rings. The van der Waals surface area contributed by atoms with Crippen LogP contribution < -0.4 is 16.6 Å². The minimum Gasteiger partial charge on any atom is -0.397 e. The van der Waals surface area contributed by atoms with Crippen molar-refractivity contribution in [2.24, 2.45) is 0 Å². The smallest absolute Gasteiger partial charge is 0.261 e. The summed E-state index contributed by atoms with van der Waals surface area (Å²) in [6.07, 6.45) is -2.30. The molecule has 4 aromatic rings. The summed E-state index contributed by atoms with van der Waals surface area (Å²) in [5.41, 5.74) is 6.94. The number of aromatic nitrogens is 3. The Bertz CT molecular complexity index is 1860. The lowest BCUT2D eigenvalue weighted by molar-refractivity contribution is -0.133. The van der Waals surface area contributed by atoms with Crippen LogP contribution in [0.4, 0.5) is 10.1 Å². The van der Waals surface area contributed by atoms with Crippen molar-refractivity contribution in [2.75, 3.05) is 36.9 Å². The minimum atomic E-state index is -3.13. The highest BCUT2D eigenvalue weighted by Gasteiger charge is 2.27. The van der Waals surface area contributed by atoms with Gasteiger partial charge in [0.2, 0.25) is 5.91 Å². The van der Waals surface area contributed by atoms with Crippen LogP contribution in [0.2, 0.25) is 0 Å². The number of pyridine rings is 1. The summed E-state index contributed by atoms with van der Waals surface area (Å²) in [4.78, 5) is 49.2. The first-order valence-electron chi connectivity index (χ1n) is 13.6. The van der Waals surface area contributed by atoms with Gasteiger partial charge in [-0.3, -0.25) is 14.4 Å². The summed E-state index contributed by atoms with van der Waals surface area (Å²) in [7, 11) is -3.13. The van der Waals surface area contributed by atoms with E-state index in [1.54, 1.807) is 12.1 Å². The molecule has 0 unspecified atom stereocenters. The molecular weight excluding hydrogens is 583 g/mol. The van der Waals surface area contributed by atoms with Gasteiger partial charge in [-0.25, -0.2) is 17.8 Å². The lowest BCUT2D eigenvalue weighted by Gasteiger charge is -2.27. The lowest BCUT2D eigenvalue weighted by Crippen LogP contribution is -2.44. The molecule has 7 N–H and O–H groups in total.